The van der Waals surface area contributed by atoms with E-state index in [4.69, 9.17) is 4.99 Å². The van der Waals surface area contributed by atoms with Gasteiger partial charge in [0.05, 0.1) is 12.2 Å². The van der Waals surface area contributed by atoms with Gasteiger partial charge in [-0.3, -0.25) is 14.5 Å². The molecule has 1 N–H and O–H groups in total. The number of carbonyl (C=O) groups is 2. The van der Waals surface area contributed by atoms with Gasteiger partial charge >= 0.3 is 0 Å². The maximum absolute atomic E-state index is 13.4. The van der Waals surface area contributed by atoms with E-state index in [9.17, 15) is 14.0 Å². The zero-order chi connectivity index (χ0) is 25.1. The van der Waals surface area contributed by atoms with Crippen molar-refractivity contribution in [3.05, 3.63) is 108 Å². The molecule has 0 radical (unpaired) electrons. The summed E-state index contributed by atoms with van der Waals surface area (Å²) in [5.41, 5.74) is 3.30. The Morgan fingerprint density at radius 1 is 0.972 bits per heavy atom. The van der Waals surface area contributed by atoms with Gasteiger partial charge in [0.1, 0.15) is 11.1 Å². The molecule has 1 atom stereocenters. The number of anilines is 1. The van der Waals surface area contributed by atoms with E-state index in [1.165, 1.54) is 23.9 Å². The molecule has 0 spiro atoms. The third kappa shape index (κ3) is 5.47. The number of hydrogen-bond acceptors (Lipinski definition) is 4. The van der Waals surface area contributed by atoms with Gasteiger partial charge in [-0.1, -0.05) is 71.9 Å². The lowest BCUT2D eigenvalue weighted by Gasteiger charge is -2.16. The molecule has 4 aromatic rings. The molecule has 5 rings (SSSR count). The van der Waals surface area contributed by atoms with Crippen LogP contribution in [0.3, 0.4) is 0 Å². The number of fused-ring (bicyclic) bond motifs is 1. The van der Waals surface area contributed by atoms with Crippen LogP contribution in [0.2, 0.25) is 0 Å². The fourth-order valence-corrected chi connectivity index (χ4v) is 5.18. The molecule has 1 heterocycles. The van der Waals surface area contributed by atoms with Gasteiger partial charge in [-0.05, 0) is 59.7 Å². The number of halogens is 1. The normalized spacial score (nSPS) is 16.6. The van der Waals surface area contributed by atoms with Crippen molar-refractivity contribution < 1.29 is 14.0 Å². The Morgan fingerprint density at radius 2 is 1.69 bits per heavy atom. The Labute approximate surface area is 213 Å². The predicted molar refractivity (Wildman–Crippen MR) is 144 cm³/mol. The minimum Gasteiger partial charge on any atom is -0.326 e. The van der Waals surface area contributed by atoms with Crippen molar-refractivity contribution in [1.82, 2.24) is 4.90 Å². The molecule has 2 amide bonds. The lowest BCUT2D eigenvalue weighted by atomic mass is 10.1. The van der Waals surface area contributed by atoms with E-state index < -0.39 is 5.25 Å². The van der Waals surface area contributed by atoms with Crippen molar-refractivity contribution in [2.45, 2.75) is 25.1 Å². The Morgan fingerprint density at radius 3 is 2.44 bits per heavy atom. The van der Waals surface area contributed by atoms with E-state index in [-0.39, 0.29) is 30.6 Å². The van der Waals surface area contributed by atoms with Crippen LogP contribution >= 0.6 is 11.8 Å². The zero-order valence-corrected chi connectivity index (χ0v) is 20.5. The Hall–Kier alpha value is -3.97. The SMILES string of the molecule is Cc1ccc(N=C2SC(CC(=O)Nc3ccc4ccccc4c3)C(=O)N2Cc2ccc(F)cc2)cc1. The van der Waals surface area contributed by atoms with Crippen LogP contribution in [0, 0.1) is 12.7 Å². The standard InChI is InChI=1S/C29H24FN3O2S/c1-19-6-13-24(14-7-19)32-29-33(18-20-8-11-23(30)12-9-20)28(35)26(36-29)17-27(34)31-25-15-10-21-4-2-3-5-22(21)16-25/h2-16,26H,17-18H2,1H3,(H,31,34). The largest absolute Gasteiger partial charge is 0.326 e. The smallest absolute Gasteiger partial charge is 0.242 e. The first-order chi connectivity index (χ1) is 17.4. The molecular formula is C29H24FN3O2S. The number of thioether (sulfide) groups is 1. The lowest BCUT2D eigenvalue weighted by molar-refractivity contribution is -0.128. The minimum absolute atomic E-state index is 0.0170. The van der Waals surface area contributed by atoms with Crippen molar-refractivity contribution in [1.29, 1.82) is 0 Å². The van der Waals surface area contributed by atoms with Crippen LogP contribution in [0.15, 0.2) is 96.0 Å². The Kier molecular flexibility index (Phi) is 6.82. The first-order valence-electron chi connectivity index (χ1n) is 11.6. The number of aryl methyl sites for hydroxylation is 1. The molecule has 36 heavy (non-hydrogen) atoms. The summed E-state index contributed by atoms with van der Waals surface area (Å²) >= 11 is 1.28. The number of rotatable bonds is 6. The molecule has 1 fully saturated rings. The van der Waals surface area contributed by atoms with Gasteiger partial charge in [0, 0.05) is 12.1 Å². The highest BCUT2D eigenvalue weighted by molar-refractivity contribution is 8.15. The third-order valence-electron chi connectivity index (χ3n) is 5.94. The Bertz CT molecular complexity index is 1450. The van der Waals surface area contributed by atoms with Crippen molar-refractivity contribution in [3.63, 3.8) is 0 Å². The summed E-state index contributed by atoms with van der Waals surface area (Å²) < 4.78 is 13.4. The monoisotopic (exact) mass is 497 g/mol. The van der Waals surface area contributed by atoms with Gasteiger partial charge in [0.2, 0.25) is 11.8 Å². The van der Waals surface area contributed by atoms with E-state index in [0.29, 0.717) is 10.9 Å². The topological polar surface area (TPSA) is 61.8 Å². The van der Waals surface area contributed by atoms with Gasteiger partial charge in [-0.25, -0.2) is 9.38 Å². The van der Waals surface area contributed by atoms with Crippen molar-refractivity contribution >= 4 is 50.9 Å². The van der Waals surface area contributed by atoms with Crippen LogP contribution in [0.4, 0.5) is 15.8 Å². The molecule has 7 heteroatoms. The summed E-state index contributed by atoms with van der Waals surface area (Å²) in [5.74, 6) is -0.768. The fourth-order valence-electron chi connectivity index (χ4n) is 4.02. The number of aliphatic imine (C=N–C) groups is 1. The number of carbonyl (C=O) groups excluding carboxylic acids is 2. The van der Waals surface area contributed by atoms with Crippen molar-refractivity contribution in [3.8, 4) is 0 Å². The lowest BCUT2D eigenvalue weighted by Crippen LogP contribution is -2.33. The summed E-state index contributed by atoms with van der Waals surface area (Å²) in [6.07, 6.45) is 0.0170. The van der Waals surface area contributed by atoms with Crippen LogP contribution in [0.5, 0.6) is 0 Å². The minimum atomic E-state index is -0.602. The van der Waals surface area contributed by atoms with E-state index in [2.05, 4.69) is 5.32 Å². The van der Waals surface area contributed by atoms with Gasteiger partial charge in [0.15, 0.2) is 5.17 Å². The average molecular weight is 498 g/mol. The predicted octanol–water partition coefficient (Wildman–Crippen LogP) is 6.45. The maximum atomic E-state index is 13.4. The third-order valence-corrected chi connectivity index (χ3v) is 7.11. The first-order valence-corrected chi connectivity index (χ1v) is 12.5. The highest BCUT2D eigenvalue weighted by atomic mass is 32.2. The molecular weight excluding hydrogens is 473 g/mol. The number of nitrogens with one attached hydrogen (secondary N) is 1. The second-order valence-corrected chi connectivity index (χ2v) is 9.87. The number of amidine groups is 1. The fraction of sp³-hybridized carbons (Fsp3) is 0.138. The molecule has 4 aromatic carbocycles. The zero-order valence-electron chi connectivity index (χ0n) is 19.6. The average Bonchev–Trinajstić information content (AvgIpc) is 3.15. The molecule has 1 saturated heterocycles. The molecule has 1 unspecified atom stereocenters. The first kappa shape index (κ1) is 23.8. The van der Waals surface area contributed by atoms with Crippen molar-refractivity contribution in [2.75, 3.05) is 5.32 Å². The highest BCUT2D eigenvalue weighted by Crippen LogP contribution is 2.33. The molecule has 1 aliphatic rings. The molecule has 0 bridgehead atoms. The van der Waals surface area contributed by atoms with Gasteiger partial charge in [-0.15, -0.1) is 0 Å². The number of nitrogens with zero attached hydrogens (tertiary/aromatic N) is 2. The number of benzene rings is 4. The summed E-state index contributed by atoms with van der Waals surface area (Å²) in [7, 11) is 0. The van der Waals surface area contributed by atoms with E-state index in [1.807, 2.05) is 73.7 Å². The summed E-state index contributed by atoms with van der Waals surface area (Å²) in [5, 5.41) is 4.96. The van der Waals surface area contributed by atoms with Crippen LogP contribution in [-0.2, 0) is 16.1 Å². The molecule has 180 valence electrons. The van der Waals surface area contributed by atoms with E-state index in [0.717, 1.165) is 27.6 Å². The van der Waals surface area contributed by atoms with E-state index >= 15 is 0 Å². The molecule has 0 aliphatic carbocycles. The van der Waals surface area contributed by atoms with E-state index in [1.54, 1.807) is 17.0 Å². The van der Waals surface area contributed by atoms with Crippen LogP contribution in [-0.4, -0.2) is 27.1 Å². The highest BCUT2D eigenvalue weighted by Gasteiger charge is 2.39. The van der Waals surface area contributed by atoms with Gasteiger partial charge in [0.25, 0.3) is 0 Å². The van der Waals surface area contributed by atoms with Gasteiger partial charge < -0.3 is 5.32 Å². The Balaban J connectivity index is 1.35. The quantitative estimate of drug-likeness (QED) is 0.333. The summed E-state index contributed by atoms with van der Waals surface area (Å²) in [4.78, 5) is 32.5. The van der Waals surface area contributed by atoms with Crippen LogP contribution in [0.25, 0.3) is 10.8 Å². The summed E-state index contributed by atoms with van der Waals surface area (Å²) in [6.45, 7) is 2.25. The number of hydrogen-bond donors (Lipinski definition) is 1. The molecule has 0 saturated carbocycles. The second kappa shape index (κ2) is 10.3. The second-order valence-electron chi connectivity index (χ2n) is 8.70. The van der Waals surface area contributed by atoms with Crippen LogP contribution < -0.4 is 5.32 Å². The number of amides is 2. The maximum Gasteiger partial charge on any atom is 0.242 e. The van der Waals surface area contributed by atoms with Crippen LogP contribution in [0.1, 0.15) is 17.5 Å². The molecule has 0 aromatic heterocycles. The van der Waals surface area contributed by atoms with Crippen molar-refractivity contribution in [2.24, 2.45) is 4.99 Å². The summed E-state index contributed by atoms with van der Waals surface area (Å²) in [6, 6.07) is 27.4. The van der Waals surface area contributed by atoms with Gasteiger partial charge in [-0.2, -0.15) is 0 Å². The molecule has 5 nitrogen and oxygen atoms in total. The molecule has 1 aliphatic heterocycles.